The van der Waals surface area contributed by atoms with E-state index < -0.39 is 11.1 Å². The summed E-state index contributed by atoms with van der Waals surface area (Å²) >= 11 is 0. The van der Waals surface area contributed by atoms with E-state index in [1.54, 1.807) is 4.40 Å². The van der Waals surface area contributed by atoms with Crippen LogP contribution in [0.15, 0.2) is 82.4 Å². The highest BCUT2D eigenvalue weighted by Crippen LogP contribution is 2.30. The maximum Gasteiger partial charge on any atom is 0.321 e. The van der Waals surface area contributed by atoms with Gasteiger partial charge in [0.05, 0.1) is 16.6 Å². The molecule has 114 valence electrons. The highest BCUT2D eigenvalue weighted by Gasteiger charge is 2.18. The molecule has 0 N–H and O–H groups in total. The minimum Gasteiger partial charge on any atom is -0.271 e. The predicted molar refractivity (Wildman–Crippen MR) is 95.5 cm³/mol. The third-order valence-electron chi connectivity index (χ3n) is 4.52. The first-order valence-electron chi connectivity index (χ1n) is 7.73. The Bertz CT molecular complexity index is 1330. The lowest BCUT2D eigenvalue weighted by Crippen LogP contribution is -2.37. The second-order valence-electron chi connectivity index (χ2n) is 5.81. The van der Waals surface area contributed by atoms with Gasteiger partial charge in [-0.25, -0.2) is 0 Å². The third kappa shape index (κ3) is 1.52. The maximum absolute atomic E-state index is 12.8. The van der Waals surface area contributed by atoms with Gasteiger partial charge in [0.15, 0.2) is 0 Å². The Morgan fingerprint density at radius 2 is 1.25 bits per heavy atom. The summed E-state index contributed by atoms with van der Waals surface area (Å²) in [5.74, 6) is 0. The van der Waals surface area contributed by atoms with Gasteiger partial charge in [-0.2, -0.15) is 0 Å². The molecule has 0 radical (unpaired) electrons. The fourth-order valence-electron chi connectivity index (χ4n) is 3.53. The van der Waals surface area contributed by atoms with Crippen molar-refractivity contribution in [1.82, 2.24) is 8.97 Å². The fourth-order valence-corrected chi connectivity index (χ4v) is 3.53. The van der Waals surface area contributed by atoms with Crippen LogP contribution in [0.3, 0.4) is 0 Å². The standard InChI is InChI=1S/C20H12N2O2/c23-19-20(24)22-16-11-5-4-9-14(16)15-10-6-12-17(18(15)22)21(19)13-7-2-1-3-8-13/h1-12H. The lowest BCUT2D eigenvalue weighted by molar-refractivity contribution is 0.964. The van der Waals surface area contributed by atoms with Gasteiger partial charge in [0.1, 0.15) is 0 Å². The van der Waals surface area contributed by atoms with Crippen molar-refractivity contribution in [3.05, 3.63) is 93.5 Å². The van der Waals surface area contributed by atoms with Crippen molar-refractivity contribution in [3.8, 4) is 5.69 Å². The Morgan fingerprint density at radius 3 is 2.08 bits per heavy atom. The summed E-state index contributed by atoms with van der Waals surface area (Å²) in [6.45, 7) is 0. The molecule has 0 fully saturated rings. The van der Waals surface area contributed by atoms with E-state index in [9.17, 15) is 9.59 Å². The Hall–Kier alpha value is -3.40. The largest absolute Gasteiger partial charge is 0.321 e. The van der Waals surface area contributed by atoms with Crippen LogP contribution in [0.2, 0.25) is 0 Å². The van der Waals surface area contributed by atoms with Gasteiger partial charge >= 0.3 is 11.1 Å². The van der Waals surface area contributed by atoms with Crippen LogP contribution in [0.1, 0.15) is 0 Å². The molecule has 0 bridgehead atoms. The second-order valence-corrected chi connectivity index (χ2v) is 5.81. The van der Waals surface area contributed by atoms with Gasteiger partial charge in [-0.3, -0.25) is 18.6 Å². The van der Waals surface area contributed by atoms with Crippen LogP contribution in [0.5, 0.6) is 0 Å². The Kier molecular flexibility index (Phi) is 2.48. The van der Waals surface area contributed by atoms with Gasteiger partial charge in [-0.05, 0) is 24.3 Å². The zero-order chi connectivity index (χ0) is 16.3. The fraction of sp³-hybridized carbons (Fsp3) is 0. The molecule has 0 aliphatic heterocycles. The number of rotatable bonds is 1. The number of nitrogens with zero attached hydrogens (tertiary/aromatic N) is 2. The van der Waals surface area contributed by atoms with Crippen molar-refractivity contribution in [2.75, 3.05) is 0 Å². The molecule has 0 aliphatic carbocycles. The smallest absolute Gasteiger partial charge is 0.271 e. The summed E-state index contributed by atoms with van der Waals surface area (Å²) < 4.78 is 3.05. The SMILES string of the molecule is O=c1c(=O)n2c3ccccc3c3cccc(c32)n1-c1ccccc1. The van der Waals surface area contributed by atoms with Crippen LogP contribution in [-0.2, 0) is 0 Å². The number of aromatic nitrogens is 2. The van der Waals surface area contributed by atoms with Gasteiger partial charge in [0, 0.05) is 16.5 Å². The molecule has 0 spiro atoms. The molecule has 2 aromatic heterocycles. The number of hydrogen-bond donors (Lipinski definition) is 0. The first-order chi connectivity index (χ1) is 11.8. The predicted octanol–water partition coefficient (Wildman–Crippen LogP) is 3.19. The zero-order valence-electron chi connectivity index (χ0n) is 12.6. The van der Waals surface area contributed by atoms with E-state index >= 15 is 0 Å². The monoisotopic (exact) mass is 312 g/mol. The van der Waals surface area contributed by atoms with E-state index in [0.717, 1.165) is 27.3 Å². The summed E-state index contributed by atoms with van der Waals surface area (Å²) in [4.78, 5) is 25.7. The molecule has 0 aliphatic rings. The lowest BCUT2D eigenvalue weighted by Gasteiger charge is -2.10. The van der Waals surface area contributed by atoms with Gasteiger partial charge in [-0.15, -0.1) is 0 Å². The van der Waals surface area contributed by atoms with Gasteiger partial charge in [0.2, 0.25) is 0 Å². The molecule has 0 unspecified atom stereocenters. The van der Waals surface area contributed by atoms with Gasteiger partial charge < -0.3 is 0 Å². The van der Waals surface area contributed by atoms with Crippen molar-refractivity contribution >= 4 is 27.3 Å². The summed E-state index contributed by atoms with van der Waals surface area (Å²) in [6, 6.07) is 22.8. The van der Waals surface area contributed by atoms with E-state index in [0.29, 0.717) is 5.69 Å². The van der Waals surface area contributed by atoms with E-state index in [-0.39, 0.29) is 0 Å². The maximum atomic E-state index is 12.8. The average Bonchev–Trinajstić information content (AvgIpc) is 2.97. The average molecular weight is 312 g/mol. The summed E-state index contributed by atoms with van der Waals surface area (Å²) in [7, 11) is 0. The molecule has 24 heavy (non-hydrogen) atoms. The Labute approximate surface area is 136 Å². The number of benzene rings is 3. The summed E-state index contributed by atoms with van der Waals surface area (Å²) in [6.07, 6.45) is 0. The van der Waals surface area contributed by atoms with Crippen LogP contribution in [0, 0.1) is 0 Å². The van der Waals surface area contributed by atoms with Crippen LogP contribution in [-0.4, -0.2) is 8.97 Å². The topological polar surface area (TPSA) is 43.5 Å². The Balaban J connectivity index is 2.15. The van der Waals surface area contributed by atoms with Crippen molar-refractivity contribution in [1.29, 1.82) is 0 Å². The molecule has 4 heteroatoms. The highest BCUT2D eigenvalue weighted by molar-refractivity contribution is 6.13. The quantitative estimate of drug-likeness (QED) is 0.446. The molecule has 3 aromatic carbocycles. The zero-order valence-corrected chi connectivity index (χ0v) is 12.6. The van der Waals surface area contributed by atoms with E-state index in [2.05, 4.69) is 0 Å². The van der Waals surface area contributed by atoms with Crippen molar-refractivity contribution in [3.63, 3.8) is 0 Å². The molecule has 0 amide bonds. The molecule has 2 heterocycles. The number of fused-ring (bicyclic) bond motifs is 3. The van der Waals surface area contributed by atoms with Gasteiger partial charge in [-0.1, -0.05) is 48.5 Å². The molecule has 5 rings (SSSR count). The molecule has 5 aromatic rings. The van der Waals surface area contributed by atoms with Crippen LogP contribution >= 0.6 is 0 Å². The molecule has 0 saturated carbocycles. The summed E-state index contributed by atoms with van der Waals surface area (Å²) in [5, 5.41) is 1.95. The third-order valence-corrected chi connectivity index (χ3v) is 4.52. The van der Waals surface area contributed by atoms with Crippen molar-refractivity contribution < 1.29 is 0 Å². The normalized spacial score (nSPS) is 11.7. The highest BCUT2D eigenvalue weighted by atomic mass is 16.2. The minimum absolute atomic E-state index is 0.524. The van der Waals surface area contributed by atoms with E-state index in [1.807, 2.05) is 72.8 Å². The van der Waals surface area contributed by atoms with Crippen molar-refractivity contribution in [2.45, 2.75) is 0 Å². The molecule has 4 nitrogen and oxygen atoms in total. The van der Waals surface area contributed by atoms with Crippen LogP contribution < -0.4 is 11.1 Å². The van der Waals surface area contributed by atoms with E-state index in [4.69, 9.17) is 0 Å². The van der Waals surface area contributed by atoms with Crippen molar-refractivity contribution in [2.24, 2.45) is 0 Å². The first kappa shape index (κ1) is 13.1. The number of para-hydroxylation sites is 3. The van der Waals surface area contributed by atoms with Crippen LogP contribution in [0.4, 0.5) is 0 Å². The molecular weight excluding hydrogens is 300 g/mol. The number of hydrogen-bond acceptors (Lipinski definition) is 2. The minimum atomic E-state index is -0.539. The summed E-state index contributed by atoms with van der Waals surface area (Å²) in [5.41, 5.74) is 1.92. The second kappa shape index (κ2) is 4.55. The molecule has 0 saturated heterocycles. The molecule has 0 atom stereocenters. The molecular formula is C20H12N2O2. The Morgan fingerprint density at radius 1 is 0.583 bits per heavy atom. The first-order valence-corrected chi connectivity index (χ1v) is 7.73. The van der Waals surface area contributed by atoms with E-state index in [1.165, 1.54) is 4.57 Å². The van der Waals surface area contributed by atoms with Gasteiger partial charge in [0.25, 0.3) is 0 Å². The van der Waals surface area contributed by atoms with Crippen LogP contribution in [0.25, 0.3) is 33.0 Å². The lowest BCUT2D eigenvalue weighted by atomic mass is 10.1.